The van der Waals surface area contributed by atoms with Crippen LogP contribution in [-0.2, 0) is 14.8 Å². The number of anilines is 1. The molecule has 1 aromatic rings. The first-order valence-corrected chi connectivity index (χ1v) is 6.48. The van der Waals surface area contributed by atoms with Crippen LogP contribution in [0.25, 0.3) is 0 Å². The van der Waals surface area contributed by atoms with Crippen LogP contribution >= 0.6 is 0 Å². The number of aromatic amines is 1. The molecule has 2 rings (SSSR count). The second-order valence-corrected chi connectivity index (χ2v) is 5.37. The SMILES string of the molecule is Nc1[nH]ncc1S(=O)(=O)NCC1CCCO1. The molecule has 8 heteroatoms. The lowest BCUT2D eigenvalue weighted by atomic mass is 10.2. The van der Waals surface area contributed by atoms with Crippen molar-refractivity contribution in [3.63, 3.8) is 0 Å². The molecule has 0 aliphatic carbocycles. The van der Waals surface area contributed by atoms with Crippen molar-refractivity contribution < 1.29 is 13.2 Å². The minimum absolute atomic E-state index is 0.0227. The first-order chi connectivity index (χ1) is 7.59. The van der Waals surface area contributed by atoms with Crippen LogP contribution in [0.2, 0.25) is 0 Å². The van der Waals surface area contributed by atoms with Crippen molar-refractivity contribution in [1.82, 2.24) is 14.9 Å². The zero-order valence-electron chi connectivity index (χ0n) is 8.64. The number of sulfonamides is 1. The van der Waals surface area contributed by atoms with Crippen molar-refractivity contribution in [2.24, 2.45) is 0 Å². The van der Waals surface area contributed by atoms with Gasteiger partial charge in [0.05, 0.1) is 12.3 Å². The number of nitrogens with one attached hydrogen (secondary N) is 2. The Balaban J connectivity index is 2.00. The third-order valence-corrected chi connectivity index (χ3v) is 3.90. The van der Waals surface area contributed by atoms with Gasteiger partial charge in [0.15, 0.2) is 0 Å². The van der Waals surface area contributed by atoms with E-state index < -0.39 is 10.0 Å². The van der Waals surface area contributed by atoms with Gasteiger partial charge in [-0.25, -0.2) is 13.1 Å². The number of hydrogen-bond donors (Lipinski definition) is 3. The number of H-pyrrole nitrogens is 1. The predicted octanol–water partition coefficient (Wildman–Crippen LogP) is -0.551. The highest BCUT2D eigenvalue weighted by molar-refractivity contribution is 7.89. The summed E-state index contributed by atoms with van der Waals surface area (Å²) in [4.78, 5) is -0.0227. The summed E-state index contributed by atoms with van der Waals surface area (Å²) >= 11 is 0. The Morgan fingerprint density at radius 3 is 3.06 bits per heavy atom. The summed E-state index contributed by atoms with van der Waals surface area (Å²) in [5.41, 5.74) is 5.44. The average Bonchev–Trinajstić information content (AvgIpc) is 2.85. The highest BCUT2D eigenvalue weighted by Crippen LogP contribution is 2.15. The number of nitrogen functional groups attached to an aromatic ring is 1. The number of aromatic nitrogens is 2. The number of ether oxygens (including phenoxy) is 1. The van der Waals surface area contributed by atoms with Gasteiger partial charge in [-0.15, -0.1) is 0 Å². The van der Waals surface area contributed by atoms with Crippen molar-refractivity contribution in [3.8, 4) is 0 Å². The lowest BCUT2D eigenvalue weighted by molar-refractivity contribution is 0.114. The molecule has 1 saturated heterocycles. The maximum absolute atomic E-state index is 11.8. The second-order valence-electron chi connectivity index (χ2n) is 3.63. The molecule has 0 radical (unpaired) electrons. The Labute approximate surface area is 93.4 Å². The fourth-order valence-corrected chi connectivity index (χ4v) is 2.67. The van der Waals surface area contributed by atoms with E-state index in [0.29, 0.717) is 6.61 Å². The van der Waals surface area contributed by atoms with Gasteiger partial charge >= 0.3 is 0 Å². The number of nitrogens with zero attached hydrogens (tertiary/aromatic N) is 1. The van der Waals surface area contributed by atoms with E-state index in [4.69, 9.17) is 10.5 Å². The van der Waals surface area contributed by atoms with Gasteiger partial charge < -0.3 is 10.5 Å². The molecule has 7 nitrogen and oxygen atoms in total. The number of nitrogens with two attached hydrogens (primary N) is 1. The summed E-state index contributed by atoms with van der Waals surface area (Å²) in [7, 11) is -3.58. The maximum Gasteiger partial charge on any atom is 0.245 e. The zero-order chi connectivity index (χ0) is 11.6. The van der Waals surface area contributed by atoms with Crippen LogP contribution in [0.15, 0.2) is 11.1 Å². The molecule has 1 aliphatic heterocycles. The van der Waals surface area contributed by atoms with Crippen molar-refractivity contribution in [2.45, 2.75) is 23.8 Å². The Morgan fingerprint density at radius 1 is 1.69 bits per heavy atom. The lowest BCUT2D eigenvalue weighted by Crippen LogP contribution is -2.32. The van der Waals surface area contributed by atoms with Gasteiger partial charge in [-0.1, -0.05) is 0 Å². The van der Waals surface area contributed by atoms with Gasteiger partial charge in [-0.3, -0.25) is 5.10 Å². The predicted molar refractivity (Wildman–Crippen MR) is 57.2 cm³/mol. The average molecular weight is 246 g/mol. The minimum atomic E-state index is -3.58. The molecule has 1 unspecified atom stereocenters. The van der Waals surface area contributed by atoms with Crippen molar-refractivity contribution in [1.29, 1.82) is 0 Å². The van der Waals surface area contributed by atoms with E-state index in [-0.39, 0.29) is 23.4 Å². The third kappa shape index (κ3) is 2.34. The van der Waals surface area contributed by atoms with Crippen molar-refractivity contribution >= 4 is 15.8 Å². The summed E-state index contributed by atoms with van der Waals surface area (Å²) in [6.07, 6.45) is 3.00. The van der Waals surface area contributed by atoms with Gasteiger partial charge in [-0.2, -0.15) is 5.10 Å². The standard InChI is InChI=1S/C8H14N4O3S/c9-8-7(5-10-12-8)16(13,14)11-4-6-2-1-3-15-6/h5-6,11H,1-4H2,(H3,9,10,12). The van der Waals surface area contributed by atoms with Crippen molar-refractivity contribution in [2.75, 3.05) is 18.9 Å². The molecular formula is C8H14N4O3S. The van der Waals surface area contributed by atoms with E-state index in [0.717, 1.165) is 12.8 Å². The van der Waals surface area contributed by atoms with Crippen LogP contribution in [0.1, 0.15) is 12.8 Å². The summed E-state index contributed by atoms with van der Waals surface area (Å²) in [6.45, 7) is 0.965. The van der Waals surface area contributed by atoms with Crippen LogP contribution in [0.5, 0.6) is 0 Å². The highest BCUT2D eigenvalue weighted by atomic mass is 32.2. The third-order valence-electron chi connectivity index (χ3n) is 2.45. The molecule has 16 heavy (non-hydrogen) atoms. The number of hydrogen-bond acceptors (Lipinski definition) is 5. The molecule has 1 aliphatic rings. The van der Waals surface area contributed by atoms with Gasteiger partial charge in [0, 0.05) is 13.2 Å². The smallest absolute Gasteiger partial charge is 0.245 e. The molecule has 1 atom stereocenters. The van der Waals surface area contributed by atoms with Crippen molar-refractivity contribution in [3.05, 3.63) is 6.20 Å². The Morgan fingerprint density at radius 2 is 2.50 bits per heavy atom. The molecular weight excluding hydrogens is 232 g/mol. The Kier molecular flexibility index (Phi) is 3.13. The van der Waals surface area contributed by atoms with E-state index >= 15 is 0 Å². The first-order valence-electron chi connectivity index (χ1n) is 5.00. The van der Waals surface area contributed by atoms with Crippen LogP contribution in [0, 0.1) is 0 Å². The van der Waals surface area contributed by atoms with E-state index in [2.05, 4.69) is 14.9 Å². The van der Waals surface area contributed by atoms with Crippen LogP contribution in [0.4, 0.5) is 5.82 Å². The largest absolute Gasteiger partial charge is 0.383 e. The van der Waals surface area contributed by atoms with E-state index in [9.17, 15) is 8.42 Å². The molecule has 4 N–H and O–H groups in total. The topological polar surface area (TPSA) is 110 Å². The molecule has 0 bridgehead atoms. The van der Waals surface area contributed by atoms with E-state index in [1.807, 2.05) is 0 Å². The molecule has 0 saturated carbocycles. The number of rotatable bonds is 4. The summed E-state index contributed by atoms with van der Waals surface area (Å²) < 4.78 is 31.3. The van der Waals surface area contributed by atoms with Crippen LogP contribution in [-0.4, -0.2) is 37.9 Å². The van der Waals surface area contributed by atoms with E-state index in [1.165, 1.54) is 6.20 Å². The normalized spacial score (nSPS) is 21.4. The first kappa shape index (κ1) is 11.4. The molecule has 1 aromatic heterocycles. The highest BCUT2D eigenvalue weighted by Gasteiger charge is 2.22. The molecule has 0 spiro atoms. The molecule has 90 valence electrons. The lowest BCUT2D eigenvalue weighted by Gasteiger charge is -2.10. The monoisotopic (exact) mass is 246 g/mol. The zero-order valence-corrected chi connectivity index (χ0v) is 9.46. The van der Waals surface area contributed by atoms with Gasteiger partial charge in [0.1, 0.15) is 10.7 Å². The minimum Gasteiger partial charge on any atom is -0.383 e. The van der Waals surface area contributed by atoms with Crippen LogP contribution < -0.4 is 10.5 Å². The fourth-order valence-electron chi connectivity index (χ4n) is 1.58. The summed E-state index contributed by atoms with van der Waals surface area (Å²) in [5, 5.41) is 5.95. The molecule has 2 heterocycles. The van der Waals surface area contributed by atoms with Gasteiger partial charge in [0.2, 0.25) is 10.0 Å². The van der Waals surface area contributed by atoms with Gasteiger partial charge in [0.25, 0.3) is 0 Å². The Hall–Kier alpha value is -1.12. The fraction of sp³-hybridized carbons (Fsp3) is 0.625. The maximum atomic E-state index is 11.8. The van der Waals surface area contributed by atoms with E-state index in [1.54, 1.807) is 0 Å². The summed E-state index contributed by atoms with van der Waals surface area (Å²) in [5.74, 6) is 0.0415. The second kappa shape index (κ2) is 4.40. The molecule has 0 amide bonds. The molecule has 0 aromatic carbocycles. The van der Waals surface area contributed by atoms with Crippen LogP contribution in [0.3, 0.4) is 0 Å². The quantitative estimate of drug-likeness (QED) is 0.660. The Bertz CT molecular complexity index is 450. The summed E-state index contributed by atoms with van der Waals surface area (Å²) in [6, 6.07) is 0. The molecule has 1 fully saturated rings. The van der Waals surface area contributed by atoms with Gasteiger partial charge in [-0.05, 0) is 12.8 Å².